The van der Waals surface area contributed by atoms with Gasteiger partial charge in [0, 0.05) is 23.5 Å². The maximum atomic E-state index is 12.9. The summed E-state index contributed by atoms with van der Waals surface area (Å²) in [4.78, 5) is 37.3. The number of carbonyl (C=O) groups excluding carboxylic acids is 2. The summed E-state index contributed by atoms with van der Waals surface area (Å²) < 4.78 is 1.46. The third kappa shape index (κ3) is 3.05. The molecule has 30 heavy (non-hydrogen) atoms. The molecular weight excluding hydrogens is 380 g/mol. The largest absolute Gasteiger partial charge is 0.367 e. The molecule has 4 rings (SSSR count). The van der Waals surface area contributed by atoms with Crippen LogP contribution in [0.1, 0.15) is 33.5 Å². The van der Waals surface area contributed by atoms with Crippen molar-refractivity contribution in [3.8, 4) is 11.8 Å². The minimum Gasteiger partial charge on any atom is -0.367 e. The van der Waals surface area contributed by atoms with Gasteiger partial charge in [-0.25, -0.2) is 0 Å². The molecule has 3 aromatic rings. The number of fused-ring (bicyclic) bond motifs is 1. The Morgan fingerprint density at radius 1 is 1.07 bits per heavy atom. The Labute approximate surface area is 172 Å². The molecule has 0 aliphatic heterocycles. The van der Waals surface area contributed by atoms with E-state index < -0.39 is 17.4 Å². The summed E-state index contributed by atoms with van der Waals surface area (Å²) in [6.07, 6.45) is 2.40. The second-order valence-corrected chi connectivity index (χ2v) is 7.12. The summed E-state index contributed by atoms with van der Waals surface area (Å²) >= 11 is 0. The van der Waals surface area contributed by atoms with Crippen molar-refractivity contribution in [2.75, 3.05) is 0 Å². The third-order valence-electron chi connectivity index (χ3n) is 5.48. The molecule has 1 atom stereocenters. The SMILES string of the molecule is N#Cc1cccc2c1CCC2(NC(=O)c1ccc(-n2ccccc2=O)cc1)C(N)=O. The van der Waals surface area contributed by atoms with Crippen LogP contribution in [-0.2, 0) is 16.8 Å². The molecule has 148 valence electrons. The molecule has 1 aliphatic rings. The first-order valence-corrected chi connectivity index (χ1v) is 9.39. The van der Waals surface area contributed by atoms with E-state index in [2.05, 4.69) is 11.4 Å². The van der Waals surface area contributed by atoms with E-state index in [0.717, 1.165) is 5.56 Å². The minimum absolute atomic E-state index is 0.182. The van der Waals surface area contributed by atoms with Crippen LogP contribution in [0.2, 0.25) is 0 Å². The van der Waals surface area contributed by atoms with Crippen LogP contribution in [0.15, 0.2) is 71.7 Å². The van der Waals surface area contributed by atoms with Gasteiger partial charge in [0.1, 0.15) is 5.54 Å². The highest BCUT2D eigenvalue weighted by molar-refractivity contribution is 6.00. The Hall–Kier alpha value is -4.18. The molecule has 0 radical (unpaired) electrons. The van der Waals surface area contributed by atoms with Crippen molar-refractivity contribution in [1.82, 2.24) is 9.88 Å². The van der Waals surface area contributed by atoms with Crippen LogP contribution < -0.4 is 16.6 Å². The summed E-state index contributed by atoms with van der Waals surface area (Å²) in [6, 6.07) is 18.5. The van der Waals surface area contributed by atoms with Gasteiger partial charge >= 0.3 is 0 Å². The highest BCUT2D eigenvalue weighted by Gasteiger charge is 2.46. The molecule has 3 N–H and O–H groups in total. The van der Waals surface area contributed by atoms with Crippen LogP contribution in [0.3, 0.4) is 0 Å². The fourth-order valence-corrected chi connectivity index (χ4v) is 3.94. The van der Waals surface area contributed by atoms with Crippen LogP contribution in [-0.4, -0.2) is 16.4 Å². The van der Waals surface area contributed by atoms with Gasteiger partial charge < -0.3 is 11.1 Å². The molecule has 7 nitrogen and oxygen atoms in total. The summed E-state index contributed by atoms with van der Waals surface area (Å²) in [7, 11) is 0. The van der Waals surface area contributed by atoms with Crippen molar-refractivity contribution in [3.63, 3.8) is 0 Å². The van der Waals surface area contributed by atoms with E-state index in [9.17, 15) is 19.6 Å². The number of nitrogens with zero attached hydrogens (tertiary/aromatic N) is 2. The Morgan fingerprint density at radius 3 is 2.50 bits per heavy atom. The standard InChI is InChI=1S/C23H18N4O3/c24-14-16-4-3-5-19-18(16)11-12-23(19,22(25)30)26-21(29)15-7-9-17(10-8-15)27-13-2-1-6-20(27)28/h1-10,13H,11-12H2,(H2,25,30)(H,26,29). The molecule has 1 aromatic heterocycles. The maximum absolute atomic E-state index is 12.9. The molecule has 1 aliphatic carbocycles. The van der Waals surface area contributed by atoms with Crippen molar-refractivity contribution in [2.24, 2.45) is 5.73 Å². The lowest BCUT2D eigenvalue weighted by atomic mass is 9.89. The quantitative estimate of drug-likeness (QED) is 0.696. The molecule has 0 bridgehead atoms. The summed E-state index contributed by atoms with van der Waals surface area (Å²) in [6.45, 7) is 0. The van der Waals surface area contributed by atoms with Gasteiger partial charge in [0.2, 0.25) is 5.91 Å². The molecule has 2 amide bonds. The van der Waals surface area contributed by atoms with Gasteiger partial charge in [-0.1, -0.05) is 18.2 Å². The smallest absolute Gasteiger partial charge is 0.255 e. The number of nitrogens with one attached hydrogen (secondary N) is 1. The average Bonchev–Trinajstić information content (AvgIpc) is 3.14. The molecule has 0 saturated heterocycles. The van der Waals surface area contributed by atoms with E-state index in [0.29, 0.717) is 35.2 Å². The fourth-order valence-electron chi connectivity index (χ4n) is 3.94. The molecular formula is C23H18N4O3. The van der Waals surface area contributed by atoms with Crippen molar-refractivity contribution in [1.29, 1.82) is 5.26 Å². The number of pyridine rings is 1. The minimum atomic E-state index is -1.37. The fraction of sp³-hybridized carbons (Fsp3) is 0.130. The van der Waals surface area contributed by atoms with Gasteiger partial charge in [-0.15, -0.1) is 0 Å². The number of rotatable bonds is 4. The number of nitriles is 1. The topological polar surface area (TPSA) is 118 Å². The first kappa shape index (κ1) is 19.2. The zero-order valence-corrected chi connectivity index (χ0v) is 16.0. The number of hydrogen-bond donors (Lipinski definition) is 2. The number of aromatic nitrogens is 1. The van der Waals surface area contributed by atoms with E-state index >= 15 is 0 Å². The number of nitrogens with two attached hydrogens (primary N) is 1. The monoisotopic (exact) mass is 398 g/mol. The van der Waals surface area contributed by atoms with E-state index in [1.807, 2.05) is 0 Å². The summed E-state index contributed by atoms with van der Waals surface area (Å²) in [5.74, 6) is -1.13. The highest BCUT2D eigenvalue weighted by Crippen LogP contribution is 2.38. The van der Waals surface area contributed by atoms with Crippen LogP contribution in [0.4, 0.5) is 0 Å². The molecule has 0 spiro atoms. The van der Waals surface area contributed by atoms with E-state index in [-0.39, 0.29) is 5.56 Å². The molecule has 1 unspecified atom stereocenters. The molecule has 0 fully saturated rings. The zero-order valence-electron chi connectivity index (χ0n) is 16.0. The first-order valence-electron chi connectivity index (χ1n) is 9.39. The van der Waals surface area contributed by atoms with Gasteiger partial charge in [-0.2, -0.15) is 5.26 Å². The Kier molecular flexibility index (Phi) is 4.68. The van der Waals surface area contributed by atoms with Gasteiger partial charge in [-0.05, 0) is 60.4 Å². The molecule has 0 saturated carbocycles. The van der Waals surface area contributed by atoms with E-state index in [1.165, 1.54) is 10.6 Å². The lowest BCUT2D eigenvalue weighted by Crippen LogP contribution is -2.53. The number of carbonyl (C=O) groups is 2. The zero-order chi connectivity index (χ0) is 21.3. The summed E-state index contributed by atoms with van der Waals surface area (Å²) in [5, 5.41) is 12.1. The Bertz CT molecular complexity index is 1250. The van der Waals surface area contributed by atoms with Crippen molar-refractivity contribution >= 4 is 11.8 Å². The number of hydrogen-bond acceptors (Lipinski definition) is 4. The van der Waals surface area contributed by atoms with Crippen LogP contribution >= 0.6 is 0 Å². The third-order valence-corrected chi connectivity index (χ3v) is 5.48. The van der Waals surface area contributed by atoms with Gasteiger partial charge in [0.05, 0.1) is 11.6 Å². The van der Waals surface area contributed by atoms with Gasteiger partial charge in [0.15, 0.2) is 0 Å². The average molecular weight is 398 g/mol. The predicted octanol–water partition coefficient (Wildman–Crippen LogP) is 1.77. The second kappa shape index (κ2) is 7.33. The van der Waals surface area contributed by atoms with E-state index in [4.69, 9.17) is 5.73 Å². The maximum Gasteiger partial charge on any atom is 0.255 e. The van der Waals surface area contributed by atoms with E-state index in [1.54, 1.807) is 60.8 Å². The number of benzene rings is 2. The van der Waals surface area contributed by atoms with Crippen LogP contribution in [0.25, 0.3) is 5.69 Å². The van der Waals surface area contributed by atoms with Crippen molar-refractivity contribution in [3.05, 3.63) is 99.5 Å². The van der Waals surface area contributed by atoms with Crippen LogP contribution in [0, 0.1) is 11.3 Å². The molecule has 7 heteroatoms. The predicted molar refractivity (Wildman–Crippen MR) is 110 cm³/mol. The Morgan fingerprint density at radius 2 is 1.83 bits per heavy atom. The molecule has 2 aromatic carbocycles. The normalized spacial score (nSPS) is 17.0. The van der Waals surface area contributed by atoms with Crippen molar-refractivity contribution < 1.29 is 9.59 Å². The lowest BCUT2D eigenvalue weighted by Gasteiger charge is -2.28. The van der Waals surface area contributed by atoms with Crippen molar-refractivity contribution in [2.45, 2.75) is 18.4 Å². The number of primary amides is 1. The second-order valence-electron chi connectivity index (χ2n) is 7.12. The number of amides is 2. The summed E-state index contributed by atoms with van der Waals surface area (Å²) in [5.41, 5.74) is 6.88. The first-order chi connectivity index (χ1) is 14.5. The van der Waals surface area contributed by atoms with Crippen LogP contribution in [0.5, 0.6) is 0 Å². The van der Waals surface area contributed by atoms with Gasteiger partial charge in [-0.3, -0.25) is 19.0 Å². The highest BCUT2D eigenvalue weighted by atomic mass is 16.2. The van der Waals surface area contributed by atoms with Gasteiger partial charge in [0.25, 0.3) is 11.5 Å². The lowest BCUT2D eigenvalue weighted by molar-refractivity contribution is -0.124. The Balaban J connectivity index is 1.65. The molecule has 1 heterocycles.